The fraction of sp³-hybridized carbons (Fsp3) is 0.0870. The Balaban J connectivity index is 1.71. The van der Waals surface area contributed by atoms with E-state index >= 15 is 0 Å². The van der Waals surface area contributed by atoms with E-state index in [1.807, 2.05) is 11.3 Å². The number of para-hydroxylation sites is 1. The van der Waals surface area contributed by atoms with Crippen molar-refractivity contribution in [3.8, 4) is 11.3 Å². The van der Waals surface area contributed by atoms with E-state index in [1.165, 1.54) is 53.5 Å². The summed E-state index contributed by atoms with van der Waals surface area (Å²) in [6, 6.07) is 24.7. The van der Waals surface area contributed by atoms with E-state index < -0.39 is 0 Å². The average molecular weight is 338 g/mol. The third-order valence-corrected chi connectivity index (χ3v) is 6.60. The van der Waals surface area contributed by atoms with Gasteiger partial charge in [0, 0.05) is 43.3 Å². The maximum atomic E-state index is 2.47. The van der Waals surface area contributed by atoms with Gasteiger partial charge in [0.05, 0.1) is 5.56 Å². The van der Waals surface area contributed by atoms with Crippen molar-refractivity contribution in [3.05, 3.63) is 77.9 Å². The van der Waals surface area contributed by atoms with Gasteiger partial charge in [-0.05, 0) is 36.8 Å². The second kappa shape index (κ2) is 4.68. The van der Waals surface area contributed by atoms with E-state index in [0.717, 1.165) is 6.54 Å². The number of nitrogens with zero attached hydrogens (tertiary/aromatic N) is 1. The Hall–Kier alpha value is -2.71. The van der Waals surface area contributed by atoms with Crippen LogP contribution in [0.15, 0.2) is 66.7 Å². The highest BCUT2D eigenvalue weighted by atomic mass is 32.1. The first kappa shape index (κ1) is 13.6. The van der Waals surface area contributed by atoms with Gasteiger partial charge in [-0.2, -0.15) is 4.57 Å². The van der Waals surface area contributed by atoms with Crippen molar-refractivity contribution in [1.29, 1.82) is 0 Å². The molecule has 0 saturated heterocycles. The number of hydrogen-bond donors (Lipinski definition) is 0. The van der Waals surface area contributed by atoms with Crippen molar-refractivity contribution in [2.75, 3.05) is 0 Å². The van der Waals surface area contributed by atoms with Crippen molar-refractivity contribution in [3.63, 3.8) is 0 Å². The molecule has 2 aromatic heterocycles. The van der Waals surface area contributed by atoms with E-state index in [-0.39, 0.29) is 0 Å². The average Bonchev–Trinajstić information content (AvgIpc) is 3.18. The van der Waals surface area contributed by atoms with Crippen LogP contribution in [0.5, 0.6) is 0 Å². The Bertz CT molecular complexity index is 1330. The molecular formula is C23H16NS+. The highest BCUT2D eigenvalue weighted by Gasteiger charge is 2.30. The van der Waals surface area contributed by atoms with Gasteiger partial charge in [0.25, 0.3) is 0 Å². The minimum atomic E-state index is 0.964. The number of aryl methyl sites for hydroxylation is 1. The molecule has 0 spiro atoms. The lowest BCUT2D eigenvalue weighted by atomic mass is 10.0. The van der Waals surface area contributed by atoms with Gasteiger partial charge in [-0.1, -0.05) is 30.3 Å². The molecule has 1 aliphatic rings. The monoisotopic (exact) mass is 338 g/mol. The second-order valence-corrected chi connectivity index (χ2v) is 8.00. The summed E-state index contributed by atoms with van der Waals surface area (Å²) in [6.45, 7) is 3.19. The zero-order valence-corrected chi connectivity index (χ0v) is 14.7. The maximum absolute atomic E-state index is 2.47. The van der Waals surface area contributed by atoms with Gasteiger partial charge in [0.2, 0.25) is 11.2 Å². The molecule has 2 heteroatoms. The number of thiophene rings is 1. The largest absolute Gasteiger partial charge is 0.214 e. The highest BCUT2D eigenvalue weighted by molar-refractivity contribution is 7.25. The lowest BCUT2D eigenvalue weighted by Gasteiger charge is -2.03. The Labute approximate surface area is 149 Å². The molecule has 5 aromatic rings. The minimum absolute atomic E-state index is 0.964. The van der Waals surface area contributed by atoms with E-state index in [0.29, 0.717) is 0 Å². The molecule has 25 heavy (non-hydrogen) atoms. The first-order valence-corrected chi connectivity index (χ1v) is 9.48. The predicted molar refractivity (Wildman–Crippen MR) is 106 cm³/mol. The van der Waals surface area contributed by atoms with E-state index in [2.05, 4.69) is 78.2 Å². The predicted octanol–water partition coefficient (Wildman–Crippen LogP) is 5.83. The summed E-state index contributed by atoms with van der Waals surface area (Å²) in [4.78, 5) is 0. The van der Waals surface area contributed by atoms with Crippen molar-refractivity contribution in [1.82, 2.24) is 0 Å². The van der Waals surface area contributed by atoms with Crippen LogP contribution in [-0.4, -0.2) is 0 Å². The summed E-state index contributed by atoms with van der Waals surface area (Å²) in [5.74, 6) is 0. The number of pyridine rings is 1. The first-order valence-electron chi connectivity index (χ1n) is 8.66. The third kappa shape index (κ3) is 1.75. The van der Waals surface area contributed by atoms with Gasteiger partial charge in [0.15, 0.2) is 6.54 Å². The lowest BCUT2D eigenvalue weighted by molar-refractivity contribution is -0.645. The minimum Gasteiger partial charge on any atom is -0.187 e. The van der Waals surface area contributed by atoms with Gasteiger partial charge < -0.3 is 0 Å². The third-order valence-electron chi connectivity index (χ3n) is 5.47. The standard InChI is InChI=1S/C23H16NS/c1-14-10-21-18-12-23-19(17-7-3-5-9-22(17)25-23)11-15(18)13-24(21)20-8-4-2-6-16(14)20/h2-12H,13H2,1H3/q+1. The summed E-state index contributed by atoms with van der Waals surface area (Å²) in [7, 11) is 0. The van der Waals surface area contributed by atoms with E-state index in [4.69, 9.17) is 0 Å². The fourth-order valence-electron chi connectivity index (χ4n) is 4.28. The molecule has 118 valence electrons. The highest BCUT2D eigenvalue weighted by Crippen LogP contribution is 2.40. The summed E-state index contributed by atoms with van der Waals surface area (Å²) in [5, 5.41) is 4.13. The van der Waals surface area contributed by atoms with Crippen molar-refractivity contribution >= 4 is 42.4 Å². The van der Waals surface area contributed by atoms with Gasteiger partial charge in [-0.3, -0.25) is 0 Å². The van der Waals surface area contributed by atoms with Crippen LogP contribution in [0, 0.1) is 6.92 Å². The van der Waals surface area contributed by atoms with E-state index in [9.17, 15) is 0 Å². The fourth-order valence-corrected chi connectivity index (χ4v) is 5.41. The normalized spacial score (nSPS) is 12.8. The first-order chi connectivity index (χ1) is 12.3. The molecule has 6 rings (SSSR count). The smallest absolute Gasteiger partial charge is 0.187 e. The molecule has 0 aliphatic carbocycles. The molecule has 0 bridgehead atoms. The lowest BCUT2D eigenvalue weighted by Crippen LogP contribution is -2.33. The SMILES string of the molecule is Cc1cc2[n+](c3ccccc13)Cc1cc3c(cc1-2)sc1ccccc13. The molecule has 1 nitrogen and oxygen atoms in total. The zero-order valence-electron chi connectivity index (χ0n) is 13.9. The van der Waals surface area contributed by atoms with Crippen LogP contribution in [0.1, 0.15) is 11.1 Å². The van der Waals surface area contributed by atoms with Crippen LogP contribution in [0.2, 0.25) is 0 Å². The Morgan fingerprint density at radius 1 is 0.800 bits per heavy atom. The topological polar surface area (TPSA) is 3.88 Å². The van der Waals surface area contributed by atoms with Crippen molar-refractivity contribution in [2.24, 2.45) is 0 Å². The van der Waals surface area contributed by atoms with Crippen LogP contribution in [0.25, 0.3) is 42.3 Å². The van der Waals surface area contributed by atoms with Crippen LogP contribution >= 0.6 is 11.3 Å². The van der Waals surface area contributed by atoms with Crippen LogP contribution in [0.4, 0.5) is 0 Å². The Kier molecular flexibility index (Phi) is 2.54. The number of fused-ring (bicyclic) bond motifs is 8. The second-order valence-electron chi connectivity index (χ2n) is 6.92. The Morgan fingerprint density at radius 3 is 2.52 bits per heavy atom. The molecule has 0 saturated carbocycles. The van der Waals surface area contributed by atoms with E-state index in [1.54, 1.807) is 0 Å². The molecule has 0 atom stereocenters. The molecule has 3 aromatic carbocycles. The molecule has 0 N–H and O–H groups in total. The van der Waals surface area contributed by atoms with Gasteiger partial charge in [-0.15, -0.1) is 11.3 Å². The molecule has 1 aliphatic heterocycles. The Morgan fingerprint density at radius 2 is 1.60 bits per heavy atom. The molecule has 0 radical (unpaired) electrons. The van der Waals surface area contributed by atoms with Crippen LogP contribution in [-0.2, 0) is 6.54 Å². The molecule has 0 fully saturated rings. The zero-order chi connectivity index (χ0) is 16.5. The van der Waals surface area contributed by atoms with Crippen LogP contribution < -0.4 is 4.57 Å². The van der Waals surface area contributed by atoms with Gasteiger partial charge >= 0.3 is 0 Å². The summed E-state index contributed by atoms with van der Waals surface area (Å²) >= 11 is 1.90. The van der Waals surface area contributed by atoms with Crippen molar-refractivity contribution in [2.45, 2.75) is 13.5 Å². The summed E-state index contributed by atoms with van der Waals surface area (Å²) < 4.78 is 5.24. The van der Waals surface area contributed by atoms with Gasteiger partial charge in [-0.25, -0.2) is 0 Å². The molecule has 3 heterocycles. The van der Waals surface area contributed by atoms with Crippen molar-refractivity contribution < 1.29 is 4.57 Å². The van der Waals surface area contributed by atoms with Gasteiger partial charge in [0.1, 0.15) is 0 Å². The number of hydrogen-bond acceptors (Lipinski definition) is 1. The molecule has 0 amide bonds. The summed E-state index contributed by atoms with van der Waals surface area (Å²) in [6.07, 6.45) is 0. The number of aromatic nitrogens is 1. The number of benzene rings is 3. The summed E-state index contributed by atoms with van der Waals surface area (Å²) in [5.41, 5.74) is 6.87. The molecule has 0 unspecified atom stereocenters. The quantitative estimate of drug-likeness (QED) is 0.307. The van der Waals surface area contributed by atoms with Crippen LogP contribution in [0.3, 0.4) is 0 Å². The maximum Gasteiger partial charge on any atom is 0.214 e. The molecular weight excluding hydrogens is 322 g/mol. The number of rotatable bonds is 0.